The Morgan fingerprint density at radius 1 is 1.07 bits per heavy atom. The Hall–Kier alpha value is -2.71. The molecule has 0 amide bonds. The molecule has 1 aliphatic rings. The lowest BCUT2D eigenvalue weighted by Crippen LogP contribution is -2.34. The van der Waals surface area contributed by atoms with Gasteiger partial charge in [0.15, 0.2) is 0 Å². The molecule has 0 unspecified atom stereocenters. The van der Waals surface area contributed by atoms with Crippen LogP contribution in [0.5, 0.6) is 0 Å². The van der Waals surface area contributed by atoms with Crippen molar-refractivity contribution in [3.8, 4) is 0 Å². The van der Waals surface area contributed by atoms with Crippen LogP contribution in [0.15, 0.2) is 68.0 Å². The average molecular weight is 416 g/mol. The van der Waals surface area contributed by atoms with Crippen LogP contribution in [0.3, 0.4) is 0 Å². The zero-order chi connectivity index (χ0) is 20.4. The zero-order valence-corrected chi connectivity index (χ0v) is 16.2. The second kappa shape index (κ2) is 8.34. The van der Waals surface area contributed by atoms with E-state index in [1.807, 2.05) is 30.3 Å². The van der Waals surface area contributed by atoms with E-state index in [2.05, 4.69) is 4.98 Å². The van der Waals surface area contributed by atoms with Gasteiger partial charge in [-0.2, -0.15) is 0 Å². The highest BCUT2D eigenvalue weighted by molar-refractivity contribution is 7.99. The summed E-state index contributed by atoms with van der Waals surface area (Å²) < 4.78 is 34.3. The predicted octanol–water partition coefficient (Wildman–Crippen LogP) is 4.02. The Morgan fingerprint density at radius 2 is 1.76 bits per heavy atom. The second-order valence-corrected chi connectivity index (χ2v) is 7.91. The van der Waals surface area contributed by atoms with Gasteiger partial charge >= 0.3 is 5.69 Å². The van der Waals surface area contributed by atoms with E-state index in [1.54, 1.807) is 0 Å². The Morgan fingerprint density at radius 3 is 2.41 bits per heavy atom. The zero-order valence-electron chi connectivity index (χ0n) is 15.4. The minimum atomic E-state index is -0.723. The lowest BCUT2D eigenvalue weighted by Gasteiger charge is -2.16. The molecule has 1 heterocycles. The predicted molar refractivity (Wildman–Crippen MR) is 105 cm³/mol. The minimum absolute atomic E-state index is 0.0284. The molecule has 0 atom stereocenters. The first-order chi connectivity index (χ1) is 14.0. The number of rotatable bonds is 7. The molecule has 29 heavy (non-hydrogen) atoms. The van der Waals surface area contributed by atoms with E-state index in [4.69, 9.17) is 4.74 Å². The number of hydrogen-bond donors (Lipinski definition) is 1. The molecule has 2 aromatic carbocycles. The second-order valence-electron chi connectivity index (χ2n) is 6.85. The van der Waals surface area contributed by atoms with E-state index in [1.165, 1.54) is 16.7 Å². The number of ether oxygens (including phenoxy) is 1. The third-order valence-corrected chi connectivity index (χ3v) is 5.66. The van der Waals surface area contributed by atoms with Gasteiger partial charge in [0.05, 0.1) is 17.2 Å². The van der Waals surface area contributed by atoms with Crippen LogP contribution >= 0.6 is 11.8 Å². The summed E-state index contributed by atoms with van der Waals surface area (Å²) in [4.78, 5) is 27.5. The van der Waals surface area contributed by atoms with Crippen molar-refractivity contribution in [3.63, 3.8) is 0 Å². The molecule has 4 rings (SSSR count). The maximum Gasteiger partial charge on any atom is 0.331 e. The van der Waals surface area contributed by atoms with E-state index in [-0.39, 0.29) is 24.2 Å². The first-order valence-electron chi connectivity index (χ1n) is 9.14. The van der Waals surface area contributed by atoms with Crippen LogP contribution in [0.4, 0.5) is 8.78 Å². The summed E-state index contributed by atoms with van der Waals surface area (Å²) in [6, 6.07) is 12.6. The molecular weight excluding hydrogens is 398 g/mol. The van der Waals surface area contributed by atoms with Gasteiger partial charge in [0.25, 0.3) is 5.56 Å². The molecule has 0 saturated heterocycles. The van der Waals surface area contributed by atoms with Crippen molar-refractivity contribution in [1.82, 2.24) is 9.55 Å². The number of nitrogens with zero attached hydrogens (tertiary/aromatic N) is 1. The van der Waals surface area contributed by atoms with Crippen LogP contribution in [-0.4, -0.2) is 9.55 Å². The molecule has 1 saturated carbocycles. The monoisotopic (exact) mass is 416 g/mol. The summed E-state index contributed by atoms with van der Waals surface area (Å²) >= 11 is 0.995. The Bertz CT molecular complexity index is 1120. The molecule has 1 fully saturated rings. The van der Waals surface area contributed by atoms with Gasteiger partial charge in [0.2, 0.25) is 0 Å². The molecule has 0 aliphatic heterocycles. The number of benzene rings is 2. The Kier molecular flexibility index (Phi) is 5.64. The summed E-state index contributed by atoms with van der Waals surface area (Å²) in [5.74, 6) is -1.42. The molecule has 0 radical (unpaired) electrons. The van der Waals surface area contributed by atoms with Gasteiger partial charge in [0.1, 0.15) is 18.4 Å². The van der Waals surface area contributed by atoms with Crippen LogP contribution in [0.1, 0.15) is 29.9 Å². The number of H-pyrrole nitrogens is 1. The number of nitrogens with one attached hydrogen (secondary N) is 1. The van der Waals surface area contributed by atoms with Crippen molar-refractivity contribution in [2.45, 2.75) is 42.0 Å². The molecule has 5 nitrogen and oxygen atoms in total. The third kappa shape index (κ3) is 4.65. The van der Waals surface area contributed by atoms with Gasteiger partial charge < -0.3 is 4.74 Å². The van der Waals surface area contributed by atoms with Crippen molar-refractivity contribution < 1.29 is 13.5 Å². The van der Waals surface area contributed by atoms with Gasteiger partial charge in [0, 0.05) is 11.0 Å². The molecule has 0 bridgehead atoms. The van der Waals surface area contributed by atoms with Crippen LogP contribution in [0, 0.1) is 11.6 Å². The molecule has 8 heteroatoms. The summed E-state index contributed by atoms with van der Waals surface area (Å²) in [6.45, 7) is 0.189. The van der Waals surface area contributed by atoms with Gasteiger partial charge in [-0.15, -0.1) is 0 Å². The highest BCUT2D eigenvalue weighted by Crippen LogP contribution is 2.43. The molecule has 1 aliphatic carbocycles. The normalized spacial score (nSPS) is 13.6. The lowest BCUT2D eigenvalue weighted by atomic mass is 10.2. The van der Waals surface area contributed by atoms with E-state index in [0.29, 0.717) is 10.6 Å². The smallest absolute Gasteiger partial charge is 0.331 e. The fourth-order valence-corrected chi connectivity index (χ4v) is 4.24. The van der Waals surface area contributed by atoms with E-state index in [9.17, 15) is 18.4 Å². The van der Waals surface area contributed by atoms with E-state index >= 15 is 0 Å². The molecule has 150 valence electrons. The highest BCUT2D eigenvalue weighted by atomic mass is 32.2. The van der Waals surface area contributed by atoms with Crippen LogP contribution in [0.25, 0.3) is 0 Å². The topological polar surface area (TPSA) is 64.1 Å². The number of hydrogen-bond acceptors (Lipinski definition) is 4. The van der Waals surface area contributed by atoms with Gasteiger partial charge in [-0.25, -0.2) is 13.6 Å². The quantitative estimate of drug-likeness (QED) is 0.591. The molecular formula is C21H18F2N2O3S. The summed E-state index contributed by atoms with van der Waals surface area (Å²) in [5.41, 5.74) is 0.319. The average Bonchev–Trinajstić information content (AvgIpc) is 3.49. The van der Waals surface area contributed by atoms with Gasteiger partial charge in [-0.1, -0.05) is 42.1 Å². The fourth-order valence-electron chi connectivity index (χ4n) is 3.05. The SMILES string of the molecule is O=c1[nH]c(=O)n(COCc2ccccc2)c(Sc2cc(F)cc(F)c2)c1C1CC1. The molecule has 0 spiro atoms. The first kappa shape index (κ1) is 19.6. The van der Waals surface area contributed by atoms with E-state index < -0.39 is 22.9 Å². The number of aromatic amines is 1. The van der Waals surface area contributed by atoms with Crippen molar-refractivity contribution in [2.75, 3.05) is 0 Å². The van der Waals surface area contributed by atoms with E-state index in [0.717, 1.165) is 36.2 Å². The number of aromatic nitrogens is 2. The van der Waals surface area contributed by atoms with Crippen LogP contribution < -0.4 is 11.2 Å². The summed E-state index contributed by atoms with van der Waals surface area (Å²) in [6.07, 6.45) is 1.66. The maximum absolute atomic E-state index is 13.6. The first-order valence-corrected chi connectivity index (χ1v) is 9.95. The standard InChI is InChI=1S/C21H18F2N2O3S/c22-15-8-16(23)10-17(9-15)29-20-18(14-6-7-14)19(26)24-21(27)25(20)12-28-11-13-4-2-1-3-5-13/h1-5,8-10,14H,6-7,11-12H2,(H,24,26,27). The van der Waals surface area contributed by atoms with Gasteiger partial charge in [-0.3, -0.25) is 14.3 Å². The van der Waals surface area contributed by atoms with Crippen LogP contribution in [0.2, 0.25) is 0 Å². The van der Waals surface area contributed by atoms with Crippen molar-refractivity contribution in [3.05, 3.63) is 92.1 Å². The lowest BCUT2D eigenvalue weighted by molar-refractivity contribution is 0.0550. The van der Waals surface area contributed by atoms with Crippen molar-refractivity contribution in [2.24, 2.45) is 0 Å². The van der Waals surface area contributed by atoms with Crippen LogP contribution in [-0.2, 0) is 18.1 Å². The Balaban J connectivity index is 1.68. The Labute approximate surface area is 169 Å². The van der Waals surface area contributed by atoms with Crippen molar-refractivity contribution >= 4 is 11.8 Å². The maximum atomic E-state index is 13.6. The highest BCUT2D eigenvalue weighted by Gasteiger charge is 2.31. The summed E-state index contributed by atoms with van der Waals surface area (Å²) in [7, 11) is 0. The largest absolute Gasteiger partial charge is 0.356 e. The number of halogens is 2. The fraction of sp³-hybridized carbons (Fsp3) is 0.238. The molecule has 1 aromatic heterocycles. The minimum Gasteiger partial charge on any atom is -0.356 e. The summed E-state index contributed by atoms with van der Waals surface area (Å²) in [5, 5.41) is 0.360. The van der Waals surface area contributed by atoms with Crippen molar-refractivity contribution in [1.29, 1.82) is 0 Å². The molecule has 3 aromatic rings. The van der Waals surface area contributed by atoms with Gasteiger partial charge in [-0.05, 0) is 36.5 Å². The molecule has 1 N–H and O–H groups in total. The third-order valence-electron chi connectivity index (χ3n) is 4.55.